The first-order chi connectivity index (χ1) is 16.0. The molecule has 3 aromatic carbocycles. The lowest BCUT2D eigenvalue weighted by Crippen LogP contribution is -2.20. The third kappa shape index (κ3) is 7.15. The summed E-state index contributed by atoms with van der Waals surface area (Å²) < 4.78 is 12.6. The molecule has 0 saturated heterocycles. The number of hydrogen-bond acceptors (Lipinski definition) is 6. The highest BCUT2D eigenvalue weighted by atomic mass is 79.9. The lowest BCUT2D eigenvalue weighted by atomic mass is 10.1. The molecule has 0 fully saturated rings. The first kappa shape index (κ1) is 23.9. The Bertz CT molecular complexity index is 1150. The maximum atomic E-state index is 12.1. The second kappa shape index (κ2) is 11.8. The van der Waals surface area contributed by atoms with Gasteiger partial charge in [0.05, 0.1) is 24.2 Å². The van der Waals surface area contributed by atoms with Crippen molar-refractivity contribution in [2.75, 3.05) is 6.61 Å². The number of hydrazone groups is 1. The Balaban J connectivity index is 1.62. The van der Waals surface area contributed by atoms with Crippen molar-refractivity contribution in [3.63, 3.8) is 0 Å². The van der Waals surface area contributed by atoms with Crippen LogP contribution < -0.4 is 14.9 Å². The van der Waals surface area contributed by atoms with E-state index in [0.717, 1.165) is 10.0 Å². The quantitative estimate of drug-likeness (QED) is 0.233. The molecule has 3 rings (SSSR count). The normalized spacial score (nSPS) is 10.7. The molecular formula is C24H22BrN3O5. The molecule has 3 aromatic rings. The van der Waals surface area contributed by atoms with Gasteiger partial charge in [-0.15, -0.1) is 0 Å². The van der Waals surface area contributed by atoms with Crippen LogP contribution in [0.1, 0.15) is 23.6 Å². The molecule has 0 bridgehead atoms. The van der Waals surface area contributed by atoms with Crippen LogP contribution in [0.25, 0.3) is 0 Å². The van der Waals surface area contributed by atoms with Gasteiger partial charge in [-0.25, -0.2) is 5.43 Å². The van der Waals surface area contributed by atoms with Crippen molar-refractivity contribution in [2.24, 2.45) is 5.10 Å². The Morgan fingerprint density at radius 1 is 1.09 bits per heavy atom. The Morgan fingerprint density at radius 2 is 1.85 bits per heavy atom. The van der Waals surface area contributed by atoms with Crippen LogP contribution in [0.3, 0.4) is 0 Å². The van der Waals surface area contributed by atoms with Crippen molar-refractivity contribution < 1.29 is 19.2 Å². The first-order valence-electron chi connectivity index (χ1n) is 10.1. The van der Waals surface area contributed by atoms with Gasteiger partial charge in [0.25, 0.3) is 5.69 Å². The van der Waals surface area contributed by atoms with Gasteiger partial charge in [-0.1, -0.05) is 46.3 Å². The minimum Gasteiger partial charge on any atom is -0.490 e. The molecule has 170 valence electrons. The van der Waals surface area contributed by atoms with Crippen molar-refractivity contribution in [3.8, 4) is 11.5 Å². The van der Waals surface area contributed by atoms with Gasteiger partial charge in [0.2, 0.25) is 5.91 Å². The lowest BCUT2D eigenvalue weighted by molar-refractivity contribution is -0.385. The number of nitro benzene ring substituents is 1. The maximum Gasteiger partial charge on any atom is 0.273 e. The summed E-state index contributed by atoms with van der Waals surface area (Å²) in [5, 5.41) is 15.0. The van der Waals surface area contributed by atoms with Crippen LogP contribution in [0.15, 0.2) is 76.3 Å². The summed E-state index contributed by atoms with van der Waals surface area (Å²) in [6.45, 7) is 2.73. The predicted octanol–water partition coefficient (Wildman–Crippen LogP) is 5.03. The number of carbonyl (C=O) groups excluding carboxylic acids is 1. The van der Waals surface area contributed by atoms with Crippen LogP contribution in [-0.2, 0) is 17.8 Å². The smallest absolute Gasteiger partial charge is 0.273 e. The molecule has 0 spiro atoms. The molecule has 33 heavy (non-hydrogen) atoms. The molecule has 0 radical (unpaired) electrons. The zero-order chi connectivity index (χ0) is 23.6. The molecule has 8 nitrogen and oxygen atoms in total. The molecule has 1 N–H and O–H groups in total. The van der Waals surface area contributed by atoms with E-state index in [4.69, 9.17) is 9.47 Å². The topological polar surface area (TPSA) is 103 Å². The SMILES string of the molecule is CCOc1cc(/C=N/NC(=O)Cc2ccccc2[N+](=O)[O-])ccc1OCc1ccc(Br)cc1. The summed E-state index contributed by atoms with van der Waals surface area (Å²) >= 11 is 3.41. The number of amides is 1. The van der Waals surface area contributed by atoms with Crippen LogP contribution in [0.2, 0.25) is 0 Å². The summed E-state index contributed by atoms with van der Waals surface area (Å²) in [5.74, 6) is 0.696. The van der Waals surface area contributed by atoms with E-state index in [1.807, 2.05) is 31.2 Å². The van der Waals surface area contributed by atoms with Crippen molar-refractivity contribution in [1.29, 1.82) is 0 Å². The monoisotopic (exact) mass is 511 g/mol. The van der Waals surface area contributed by atoms with E-state index in [0.29, 0.717) is 35.8 Å². The van der Waals surface area contributed by atoms with E-state index >= 15 is 0 Å². The number of nitrogens with one attached hydrogen (secondary N) is 1. The van der Waals surface area contributed by atoms with Crippen LogP contribution in [0.5, 0.6) is 11.5 Å². The van der Waals surface area contributed by atoms with Gasteiger partial charge in [-0.05, 0) is 48.4 Å². The minimum atomic E-state index is -0.512. The molecule has 0 atom stereocenters. The van der Waals surface area contributed by atoms with E-state index in [1.54, 1.807) is 36.4 Å². The molecule has 0 aliphatic carbocycles. The largest absolute Gasteiger partial charge is 0.490 e. The lowest BCUT2D eigenvalue weighted by Gasteiger charge is -2.12. The maximum absolute atomic E-state index is 12.1. The number of nitrogens with zero attached hydrogens (tertiary/aromatic N) is 2. The molecule has 0 aliphatic rings. The van der Waals surface area contributed by atoms with E-state index in [9.17, 15) is 14.9 Å². The predicted molar refractivity (Wildman–Crippen MR) is 129 cm³/mol. The molecular weight excluding hydrogens is 490 g/mol. The van der Waals surface area contributed by atoms with Gasteiger partial charge in [0.1, 0.15) is 6.61 Å². The fourth-order valence-electron chi connectivity index (χ4n) is 2.96. The second-order valence-corrected chi connectivity index (χ2v) is 7.83. The number of rotatable bonds is 10. The van der Waals surface area contributed by atoms with Crippen molar-refractivity contribution in [3.05, 3.63) is 98.0 Å². The van der Waals surface area contributed by atoms with E-state index in [-0.39, 0.29) is 12.1 Å². The third-order valence-corrected chi connectivity index (χ3v) is 5.05. The summed E-state index contributed by atoms with van der Waals surface area (Å²) in [4.78, 5) is 22.7. The van der Waals surface area contributed by atoms with Crippen molar-refractivity contribution in [2.45, 2.75) is 20.0 Å². The number of halogens is 1. The second-order valence-electron chi connectivity index (χ2n) is 6.91. The number of hydrogen-bond donors (Lipinski definition) is 1. The van der Waals surface area contributed by atoms with Crippen LogP contribution in [0, 0.1) is 10.1 Å². The van der Waals surface area contributed by atoms with Gasteiger partial charge in [-0.3, -0.25) is 14.9 Å². The molecule has 0 heterocycles. The van der Waals surface area contributed by atoms with Gasteiger partial charge in [0.15, 0.2) is 11.5 Å². The third-order valence-electron chi connectivity index (χ3n) is 4.52. The number of carbonyl (C=O) groups is 1. The van der Waals surface area contributed by atoms with Crippen LogP contribution >= 0.6 is 15.9 Å². The molecule has 9 heteroatoms. The summed E-state index contributed by atoms with van der Waals surface area (Å²) in [5.41, 5.74) is 4.33. The zero-order valence-electron chi connectivity index (χ0n) is 17.9. The van der Waals surface area contributed by atoms with Crippen LogP contribution in [-0.4, -0.2) is 23.7 Å². The molecule has 0 unspecified atom stereocenters. The average Bonchev–Trinajstić information content (AvgIpc) is 2.80. The van der Waals surface area contributed by atoms with Gasteiger partial charge in [0, 0.05) is 16.1 Å². The van der Waals surface area contributed by atoms with Gasteiger partial charge in [-0.2, -0.15) is 5.10 Å². The minimum absolute atomic E-state index is 0.100. The van der Waals surface area contributed by atoms with Crippen molar-refractivity contribution >= 4 is 33.7 Å². The highest BCUT2D eigenvalue weighted by molar-refractivity contribution is 9.10. The number of ether oxygens (including phenoxy) is 2. The fraction of sp³-hybridized carbons (Fsp3) is 0.167. The standard InChI is InChI=1S/C24H22BrN3O5/c1-2-32-23-13-18(9-12-22(23)33-16-17-7-10-20(25)11-8-17)15-26-27-24(29)14-19-5-3-4-6-21(19)28(30)31/h3-13,15H,2,14,16H2,1H3,(H,27,29)/b26-15+. The highest BCUT2D eigenvalue weighted by Gasteiger charge is 2.15. The fourth-order valence-corrected chi connectivity index (χ4v) is 3.23. The first-order valence-corrected chi connectivity index (χ1v) is 10.9. The summed E-state index contributed by atoms with van der Waals surface area (Å²) in [6.07, 6.45) is 1.32. The number of nitro groups is 1. The number of para-hydroxylation sites is 1. The Labute approximate surface area is 199 Å². The number of benzene rings is 3. The summed E-state index contributed by atoms with van der Waals surface area (Å²) in [6, 6.07) is 19.3. The zero-order valence-corrected chi connectivity index (χ0v) is 19.4. The Hall–Kier alpha value is -3.72. The molecule has 0 saturated carbocycles. The van der Waals surface area contributed by atoms with Crippen LogP contribution in [0.4, 0.5) is 5.69 Å². The summed E-state index contributed by atoms with van der Waals surface area (Å²) in [7, 11) is 0. The Morgan fingerprint density at radius 3 is 2.58 bits per heavy atom. The van der Waals surface area contributed by atoms with Gasteiger partial charge >= 0.3 is 0 Å². The van der Waals surface area contributed by atoms with E-state index < -0.39 is 10.8 Å². The van der Waals surface area contributed by atoms with Crippen molar-refractivity contribution in [1.82, 2.24) is 5.43 Å². The van der Waals surface area contributed by atoms with Gasteiger partial charge < -0.3 is 9.47 Å². The molecule has 0 aliphatic heterocycles. The molecule has 0 aromatic heterocycles. The highest BCUT2D eigenvalue weighted by Crippen LogP contribution is 2.29. The molecule has 1 amide bonds. The van der Waals surface area contributed by atoms with E-state index in [1.165, 1.54) is 12.3 Å². The Kier molecular flexibility index (Phi) is 8.54. The average molecular weight is 512 g/mol. The van der Waals surface area contributed by atoms with E-state index in [2.05, 4.69) is 26.5 Å².